The first kappa shape index (κ1) is 22.2. The molecule has 3 amide bonds. The Morgan fingerprint density at radius 3 is 2.39 bits per heavy atom. The van der Waals surface area contributed by atoms with Gasteiger partial charge >= 0.3 is 0 Å². The van der Waals surface area contributed by atoms with Gasteiger partial charge in [0.1, 0.15) is 6.04 Å². The molecule has 1 heterocycles. The monoisotopic (exact) mass is 463 g/mol. The van der Waals surface area contributed by atoms with Gasteiger partial charge in [-0.2, -0.15) is 0 Å². The molecule has 0 aliphatic carbocycles. The van der Waals surface area contributed by atoms with E-state index in [1.807, 2.05) is 6.07 Å². The van der Waals surface area contributed by atoms with E-state index < -0.39 is 28.7 Å². The third kappa shape index (κ3) is 4.61. The molecule has 1 fully saturated rings. The van der Waals surface area contributed by atoms with Gasteiger partial charge in [0.05, 0.1) is 17.0 Å². The van der Waals surface area contributed by atoms with Crippen LogP contribution >= 0.6 is 11.6 Å². The van der Waals surface area contributed by atoms with Crippen LogP contribution in [0.1, 0.15) is 22.3 Å². The van der Waals surface area contributed by atoms with Crippen molar-refractivity contribution in [3.8, 4) is 0 Å². The Bertz CT molecular complexity index is 1230. The summed E-state index contributed by atoms with van der Waals surface area (Å²) >= 11 is 5.92. The number of carbonyl (C=O) groups excluding carboxylic acids is 3. The maximum absolute atomic E-state index is 13.5. The largest absolute Gasteiger partial charge is 0.322 e. The standard InChI is InChI=1S/C24H18ClN3O5/c25-18-9-11-19(12-10-18)27-22(29)14-21(24(27)31)26(15-16-5-2-1-3-6-16)23(30)17-7-4-8-20(13-17)28(32)33/h1-13,21H,14-15H2. The second kappa shape index (κ2) is 9.22. The van der Waals surface area contributed by atoms with Crippen molar-refractivity contribution in [3.05, 3.63) is 105 Å². The molecule has 9 heteroatoms. The summed E-state index contributed by atoms with van der Waals surface area (Å²) in [7, 11) is 0. The molecular formula is C24H18ClN3O5. The molecule has 0 bridgehead atoms. The van der Waals surface area contributed by atoms with Gasteiger partial charge < -0.3 is 4.90 Å². The van der Waals surface area contributed by atoms with Crippen molar-refractivity contribution in [3.63, 3.8) is 0 Å². The van der Waals surface area contributed by atoms with Gasteiger partial charge in [0, 0.05) is 29.3 Å². The summed E-state index contributed by atoms with van der Waals surface area (Å²) in [6, 6.07) is 19.5. The Balaban J connectivity index is 1.70. The summed E-state index contributed by atoms with van der Waals surface area (Å²) < 4.78 is 0. The molecule has 1 aliphatic rings. The van der Waals surface area contributed by atoms with Crippen LogP contribution in [-0.4, -0.2) is 33.6 Å². The summed E-state index contributed by atoms with van der Waals surface area (Å²) in [5, 5.41) is 11.6. The highest BCUT2D eigenvalue weighted by atomic mass is 35.5. The molecule has 0 aromatic heterocycles. The molecule has 8 nitrogen and oxygen atoms in total. The zero-order valence-electron chi connectivity index (χ0n) is 17.3. The van der Waals surface area contributed by atoms with Gasteiger partial charge in [0.25, 0.3) is 17.5 Å². The number of benzene rings is 3. The zero-order chi connectivity index (χ0) is 23.5. The van der Waals surface area contributed by atoms with E-state index in [-0.39, 0.29) is 24.2 Å². The second-order valence-electron chi connectivity index (χ2n) is 7.49. The molecule has 4 rings (SSSR count). The number of nitro benzene ring substituents is 1. The smallest absolute Gasteiger partial charge is 0.270 e. The van der Waals surface area contributed by atoms with Crippen molar-refractivity contribution >= 4 is 40.7 Å². The lowest BCUT2D eigenvalue weighted by atomic mass is 10.1. The minimum absolute atomic E-state index is 0.0561. The number of non-ortho nitro benzene ring substituents is 1. The molecule has 3 aromatic rings. The molecule has 1 aliphatic heterocycles. The SMILES string of the molecule is O=C1CC(N(Cc2ccccc2)C(=O)c2cccc([N+](=O)[O-])c2)C(=O)N1c1ccc(Cl)cc1. The first-order valence-corrected chi connectivity index (χ1v) is 10.4. The highest BCUT2D eigenvalue weighted by molar-refractivity contribution is 6.31. The zero-order valence-corrected chi connectivity index (χ0v) is 18.0. The topological polar surface area (TPSA) is 101 Å². The van der Waals surface area contributed by atoms with Gasteiger partial charge in [0.2, 0.25) is 5.91 Å². The second-order valence-corrected chi connectivity index (χ2v) is 7.93. The normalized spacial score (nSPS) is 15.5. The van der Waals surface area contributed by atoms with E-state index >= 15 is 0 Å². The number of hydrogen-bond donors (Lipinski definition) is 0. The summed E-state index contributed by atoms with van der Waals surface area (Å²) in [6.45, 7) is 0.0561. The van der Waals surface area contributed by atoms with Crippen molar-refractivity contribution in [2.24, 2.45) is 0 Å². The van der Waals surface area contributed by atoms with E-state index in [2.05, 4.69) is 0 Å². The molecule has 0 saturated carbocycles. The van der Waals surface area contributed by atoms with E-state index in [4.69, 9.17) is 11.6 Å². The number of anilines is 1. The number of carbonyl (C=O) groups is 3. The molecule has 1 unspecified atom stereocenters. The van der Waals surface area contributed by atoms with E-state index in [1.165, 1.54) is 29.2 Å². The van der Waals surface area contributed by atoms with Crippen LogP contribution in [0.3, 0.4) is 0 Å². The molecule has 1 atom stereocenters. The number of nitrogens with zero attached hydrogens (tertiary/aromatic N) is 3. The molecule has 166 valence electrons. The Morgan fingerprint density at radius 1 is 1.03 bits per heavy atom. The molecule has 33 heavy (non-hydrogen) atoms. The Kier molecular flexibility index (Phi) is 6.19. The fourth-order valence-electron chi connectivity index (χ4n) is 3.74. The minimum atomic E-state index is -1.06. The van der Waals surface area contributed by atoms with Crippen molar-refractivity contribution in [1.82, 2.24) is 4.90 Å². The first-order valence-electron chi connectivity index (χ1n) is 10.1. The average molecular weight is 464 g/mol. The molecule has 3 aromatic carbocycles. The maximum Gasteiger partial charge on any atom is 0.270 e. The summed E-state index contributed by atoms with van der Waals surface area (Å²) in [5.41, 5.74) is 0.934. The molecule has 1 saturated heterocycles. The van der Waals surface area contributed by atoms with Crippen molar-refractivity contribution in [2.45, 2.75) is 19.0 Å². The number of imide groups is 1. The van der Waals surface area contributed by atoms with Crippen LogP contribution in [0.25, 0.3) is 0 Å². The quantitative estimate of drug-likeness (QED) is 0.309. The third-order valence-electron chi connectivity index (χ3n) is 5.34. The van der Waals surface area contributed by atoms with Gasteiger partial charge in [-0.05, 0) is 35.9 Å². The van der Waals surface area contributed by atoms with Gasteiger partial charge in [-0.15, -0.1) is 0 Å². The van der Waals surface area contributed by atoms with E-state index in [9.17, 15) is 24.5 Å². The lowest BCUT2D eigenvalue weighted by molar-refractivity contribution is -0.384. The van der Waals surface area contributed by atoms with E-state index in [0.29, 0.717) is 10.7 Å². The minimum Gasteiger partial charge on any atom is -0.322 e. The highest BCUT2D eigenvalue weighted by Crippen LogP contribution is 2.29. The van der Waals surface area contributed by atoms with Crippen LogP contribution in [0, 0.1) is 10.1 Å². The van der Waals surface area contributed by atoms with Crippen LogP contribution < -0.4 is 4.90 Å². The van der Waals surface area contributed by atoms with Crippen LogP contribution in [0.5, 0.6) is 0 Å². The fraction of sp³-hybridized carbons (Fsp3) is 0.125. The summed E-state index contributed by atoms with van der Waals surface area (Å²) in [6.07, 6.45) is -0.199. The number of amides is 3. The lowest BCUT2D eigenvalue weighted by Crippen LogP contribution is -2.45. The van der Waals surface area contributed by atoms with Gasteiger partial charge in [-0.1, -0.05) is 48.0 Å². The van der Waals surface area contributed by atoms with Crippen molar-refractivity contribution in [1.29, 1.82) is 0 Å². The van der Waals surface area contributed by atoms with Crippen LogP contribution in [-0.2, 0) is 16.1 Å². The molecular weight excluding hydrogens is 446 g/mol. The molecule has 0 radical (unpaired) electrons. The fourth-order valence-corrected chi connectivity index (χ4v) is 3.87. The Morgan fingerprint density at radius 2 is 1.73 bits per heavy atom. The van der Waals surface area contributed by atoms with Crippen molar-refractivity contribution < 1.29 is 19.3 Å². The van der Waals surface area contributed by atoms with E-state index in [0.717, 1.165) is 10.5 Å². The Labute approximate surface area is 194 Å². The van der Waals surface area contributed by atoms with Crippen LogP contribution in [0.2, 0.25) is 5.02 Å². The van der Waals surface area contributed by atoms with E-state index in [1.54, 1.807) is 48.5 Å². The van der Waals surface area contributed by atoms with Gasteiger partial charge in [0.15, 0.2) is 0 Å². The number of hydrogen-bond acceptors (Lipinski definition) is 5. The number of halogens is 1. The van der Waals surface area contributed by atoms with Gasteiger partial charge in [-0.3, -0.25) is 24.5 Å². The number of nitro groups is 1. The first-order chi connectivity index (χ1) is 15.8. The number of rotatable bonds is 6. The molecule has 0 N–H and O–H groups in total. The Hall–Kier alpha value is -4.04. The van der Waals surface area contributed by atoms with Crippen molar-refractivity contribution in [2.75, 3.05) is 4.90 Å². The van der Waals surface area contributed by atoms with Crippen LogP contribution in [0.4, 0.5) is 11.4 Å². The molecule has 0 spiro atoms. The average Bonchev–Trinajstić information content (AvgIpc) is 3.12. The predicted octanol–water partition coefficient (Wildman–Crippen LogP) is 4.22. The highest BCUT2D eigenvalue weighted by Gasteiger charge is 2.44. The lowest BCUT2D eigenvalue weighted by Gasteiger charge is -2.28. The summed E-state index contributed by atoms with van der Waals surface area (Å²) in [5.74, 6) is -1.57. The summed E-state index contributed by atoms with van der Waals surface area (Å²) in [4.78, 5) is 52.5. The van der Waals surface area contributed by atoms with Gasteiger partial charge in [-0.25, -0.2) is 4.90 Å². The predicted molar refractivity (Wildman–Crippen MR) is 122 cm³/mol. The third-order valence-corrected chi connectivity index (χ3v) is 5.60. The van der Waals surface area contributed by atoms with Crippen LogP contribution in [0.15, 0.2) is 78.9 Å². The maximum atomic E-state index is 13.5.